The van der Waals surface area contributed by atoms with Gasteiger partial charge < -0.3 is 5.32 Å². The maximum Gasteiger partial charge on any atom is 0.329 e. The summed E-state index contributed by atoms with van der Waals surface area (Å²) in [6.07, 6.45) is 0.858. The predicted molar refractivity (Wildman–Crippen MR) is 104 cm³/mol. The Balaban J connectivity index is 1.91. The van der Waals surface area contributed by atoms with E-state index in [1.165, 1.54) is 4.57 Å². The van der Waals surface area contributed by atoms with Crippen molar-refractivity contribution in [3.8, 4) is 0 Å². The fourth-order valence-electron chi connectivity index (χ4n) is 2.92. The van der Waals surface area contributed by atoms with Gasteiger partial charge in [-0.3, -0.25) is 13.9 Å². The number of imidazole rings is 1. The van der Waals surface area contributed by atoms with Gasteiger partial charge in [-0.2, -0.15) is 0 Å². The molecule has 3 rings (SSSR count). The first-order valence-electron chi connectivity index (χ1n) is 8.25. The third-order valence-electron chi connectivity index (χ3n) is 4.07. The van der Waals surface area contributed by atoms with Crippen molar-refractivity contribution in [3.05, 3.63) is 63.0 Å². The van der Waals surface area contributed by atoms with Crippen LogP contribution in [0.25, 0.3) is 11.0 Å². The van der Waals surface area contributed by atoms with Gasteiger partial charge in [0, 0.05) is 11.0 Å². The van der Waals surface area contributed by atoms with E-state index in [4.69, 9.17) is 0 Å². The van der Waals surface area contributed by atoms with Gasteiger partial charge in [0.1, 0.15) is 6.54 Å². The van der Waals surface area contributed by atoms with Crippen molar-refractivity contribution in [3.63, 3.8) is 0 Å². The van der Waals surface area contributed by atoms with E-state index in [0.717, 1.165) is 27.5 Å². The molecule has 1 heterocycles. The maximum absolute atomic E-state index is 12.7. The van der Waals surface area contributed by atoms with Gasteiger partial charge >= 0.3 is 5.69 Å². The van der Waals surface area contributed by atoms with Crippen LogP contribution >= 0.6 is 15.9 Å². The highest BCUT2D eigenvalue weighted by atomic mass is 79.9. The molecular formula is C19H20BrN3O2. The summed E-state index contributed by atoms with van der Waals surface area (Å²) < 4.78 is 4.08. The van der Waals surface area contributed by atoms with Crippen LogP contribution in [0.4, 0.5) is 5.69 Å². The van der Waals surface area contributed by atoms with Crippen molar-refractivity contribution in [1.82, 2.24) is 9.13 Å². The van der Waals surface area contributed by atoms with E-state index in [9.17, 15) is 9.59 Å². The van der Waals surface area contributed by atoms with Gasteiger partial charge in [0.25, 0.3) is 0 Å². The minimum absolute atomic E-state index is 0.0175. The van der Waals surface area contributed by atoms with Crippen LogP contribution in [0, 0.1) is 6.92 Å². The molecule has 0 atom stereocenters. The smallest absolute Gasteiger partial charge is 0.324 e. The molecule has 0 bridgehead atoms. The molecule has 0 spiro atoms. The zero-order chi connectivity index (χ0) is 18.0. The van der Waals surface area contributed by atoms with Crippen LogP contribution in [-0.4, -0.2) is 15.0 Å². The van der Waals surface area contributed by atoms with E-state index < -0.39 is 0 Å². The first-order chi connectivity index (χ1) is 12.0. The molecule has 0 saturated heterocycles. The number of amides is 1. The number of rotatable bonds is 5. The molecule has 0 aliphatic heterocycles. The third-order valence-corrected chi connectivity index (χ3v) is 4.73. The lowest BCUT2D eigenvalue weighted by atomic mass is 10.2. The second-order valence-electron chi connectivity index (χ2n) is 6.04. The highest BCUT2D eigenvalue weighted by Crippen LogP contribution is 2.23. The standard InChI is InChI=1S/C19H20BrN3O2/c1-3-10-22-16-6-4-5-7-17(16)23(19(22)25)12-18(24)21-15-9-8-13(2)11-14(15)20/h4-9,11H,3,10,12H2,1-2H3,(H,21,24). The van der Waals surface area contributed by atoms with Crippen LogP contribution in [-0.2, 0) is 17.9 Å². The van der Waals surface area contributed by atoms with E-state index in [2.05, 4.69) is 21.2 Å². The summed E-state index contributed by atoms with van der Waals surface area (Å²) in [6.45, 7) is 4.63. The quantitative estimate of drug-likeness (QED) is 0.703. The highest BCUT2D eigenvalue weighted by molar-refractivity contribution is 9.10. The minimum Gasteiger partial charge on any atom is -0.324 e. The number of carbonyl (C=O) groups excluding carboxylic acids is 1. The number of benzene rings is 2. The Labute approximate surface area is 154 Å². The molecule has 2 aromatic carbocycles. The molecule has 25 heavy (non-hydrogen) atoms. The third kappa shape index (κ3) is 3.54. The minimum atomic E-state index is -0.231. The number of halogens is 1. The number of hydrogen-bond donors (Lipinski definition) is 1. The van der Waals surface area contributed by atoms with E-state index in [1.54, 1.807) is 4.57 Å². The predicted octanol–water partition coefficient (Wildman–Crippen LogP) is 3.92. The Hall–Kier alpha value is -2.34. The first kappa shape index (κ1) is 17.5. The fourth-order valence-corrected chi connectivity index (χ4v) is 3.51. The second kappa shape index (κ2) is 7.27. The average molecular weight is 402 g/mol. The van der Waals surface area contributed by atoms with Crippen molar-refractivity contribution in [2.24, 2.45) is 0 Å². The van der Waals surface area contributed by atoms with Gasteiger partial charge in [0.15, 0.2) is 0 Å². The lowest BCUT2D eigenvalue weighted by Crippen LogP contribution is -2.29. The number of nitrogens with zero attached hydrogens (tertiary/aromatic N) is 2. The summed E-state index contributed by atoms with van der Waals surface area (Å²) in [5.74, 6) is -0.231. The van der Waals surface area contributed by atoms with Gasteiger partial charge in [-0.1, -0.05) is 25.1 Å². The lowest BCUT2D eigenvalue weighted by Gasteiger charge is -2.09. The number of nitrogens with one attached hydrogen (secondary N) is 1. The van der Waals surface area contributed by atoms with Crippen LogP contribution < -0.4 is 11.0 Å². The topological polar surface area (TPSA) is 56.0 Å². The zero-order valence-electron chi connectivity index (χ0n) is 14.3. The number of anilines is 1. The van der Waals surface area contributed by atoms with Gasteiger partial charge in [0.05, 0.1) is 16.7 Å². The Kier molecular flexibility index (Phi) is 5.08. The molecule has 0 aliphatic rings. The van der Waals surface area contributed by atoms with Crippen LogP contribution in [0.2, 0.25) is 0 Å². The molecule has 0 fully saturated rings. The molecule has 1 aromatic heterocycles. The molecule has 0 saturated carbocycles. The van der Waals surface area contributed by atoms with Crippen LogP contribution in [0.15, 0.2) is 51.7 Å². The molecule has 1 N–H and O–H groups in total. The summed E-state index contributed by atoms with van der Waals surface area (Å²) in [7, 11) is 0. The Morgan fingerprint density at radius 3 is 2.44 bits per heavy atom. The van der Waals surface area contributed by atoms with Crippen molar-refractivity contribution >= 4 is 38.6 Å². The van der Waals surface area contributed by atoms with Crippen LogP contribution in [0.5, 0.6) is 0 Å². The van der Waals surface area contributed by atoms with Gasteiger partial charge in [-0.15, -0.1) is 0 Å². The maximum atomic E-state index is 12.7. The molecule has 0 radical (unpaired) electrons. The summed E-state index contributed by atoms with van der Waals surface area (Å²) in [4.78, 5) is 25.2. The lowest BCUT2D eigenvalue weighted by molar-refractivity contribution is -0.116. The number of aryl methyl sites for hydroxylation is 2. The van der Waals surface area contributed by atoms with Crippen molar-refractivity contribution in [1.29, 1.82) is 0 Å². The van der Waals surface area contributed by atoms with E-state index in [1.807, 2.05) is 56.3 Å². The Morgan fingerprint density at radius 1 is 1.12 bits per heavy atom. The number of para-hydroxylation sites is 2. The Bertz CT molecular complexity index is 988. The van der Waals surface area contributed by atoms with Crippen molar-refractivity contribution < 1.29 is 4.79 Å². The molecule has 5 nitrogen and oxygen atoms in total. The summed E-state index contributed by atoms with van der Waals surface area (Å²) in [5, 5.41) is 2.86. The van der Waals surface area contributed by atoms with E-state index >= 15 is 0 Å². The molecular weight excluding hydrogens is 382 g/mol. The Morgan fingerprint density at radius 2 is 1.80 bits per heavy atom. The molecule has 3 aromatic rings. The summed E-state index contributed by atoms with van der Waals surface area (Å²) >= 11 is 3.45. The van der Waals surface area contributed by atoms with Crippen LogP contribution in [0.1, 0.15) is 18.9 Å². The number of fused-ring (bicyclic) bond motifs is 1. The summed E-state index contributed by atoms with van der Waals surface area (Å²) in [6, 6.07) is 13.3. The molecule has 0 aliphatic carbocycles. The molecule has 1 amide bonds. The molecule has 0 unspecified atom stereocenters. The monoisotopic (exact) mass is 401 g/mol. The number of aromatic nitrogens is 2. The van der Waals surface area contributed by atoms with Crippen LogP contribution in [0.3, 0.4) is 0 Å². The second-order valence-corrected chi connectivity index (χ2v) is 6.89. The SMILES string of the molecule is CCCn1c(=O)n(CC(=O)Nc2ccc(C)cc2Br)c2ccccc21. The fraction of sp³-hybridized carbons (Fsp3) is 0.263. The van der Waals surface area contributed by atoms with Crippen molar-refractivity contribution in [2.45, 2.75) is 33.4 Å². The summed E-state index contributed by atoms with van der Waals surface area (Å²) in [5.41, 5.74) is 3.28. The number of hydrogen-bond acceptors (Lipinski definition) is 2. The van der Waals surface area contributed by atoms with E-state index in [0.29, 0.717) is 12.2 Å². The first-order valence-corrected chi connectivity index (χ1v) is 9.04. The number of carbonyl (C=O) groups is 1. The normalized spacial score (nSPS) is 11.0. The highest BCUT2D eigenvalue weighted by Gasteiger charge is 2.15. The van der Waals surface area contributed by atoms with Gasteiger partial charge in [-0.05, 0) is 59.1 Å². The average Bonchev–Trinajstić information content (AvgIpc) is 2.84. The van der Waals surface area contributed by atoms with E-state index in [-0.39, 0.29) is 18.1 Å². The van der Waals surface area contributed by atoms with Crippen molar-refractivity contribution in [2.75, 3.05) is 5.32 Å². The zero-order valence-corrected chi connectivity index (χ0v) is 15.8. The van der Waals surface area contributed by atoms with Gasteiger partial charge in [-0.25, -0.2) is 4.79 Å². The van der Waals surface area contributed by atoms with Gasteiger partial charge in [0.2, 0.25) is 5.91 Å². The largest absolute Gasteiger partial charge is 0.329 e. The molecule has 6 heteroatoms. The molecule has 130 valence electrons.